The zero-order valence-corrected chi connectivity index (χ0v) is 10.6. The summed E-state index contributed by atoms with van der Waals surface area (Å²) in [5.74, 6) is 0. The first kappa shape index (κ1) is 12.2. The highest BCUT2D eigenvalue weighted by atomic mass is 35.5. The van der Waals surface area contributed by atoms with Crippen LogP contribution in [0.3, 0.4) is 0 Å². The van der Waals surface area contributed by atoms with Crippen LogP contribution in [0.1, 0.15) is 37.7 Å². The van der Waals surface area contributed by atoms with Crippen molar-refractivity contribution in [1.82, 2.24) is 0 Å². The quantitative estimate of drug-likeness (QED) is 0.732. The van der Waals surface area contributed by atoms with Crippen LogP contribution in [-0.4, -0.2) is 0 Å². The summed E-state index contributed by atoms with van der Waals surface area (Å²) in [5, 5.41) is 10.1. The number of hydrogen-bond acceptors (Lipinski definition) is 1. The largest absolute Gasteiger partial charge is 0.197 e. The molecule has 1 aliphatic rings. The summed E-state index contributed by atoms with van der Waals surface area (Å²) >= 11 is 5.94. The molecule has 0 unspecified atom stereocenters. The predicted molar refractivity (Wildman–Crippen MR) is 71.6 cm³/mol. The molecule has 1 nitrogen and oxygen atoms in total. The van der Waals surface area contributed by atoms with Gasteiger partial charge in [0.15, 0.2) is 0 Å². The van der Waals surface area contributed by atoms with Gasteiger partial charge < -0.3 is 0 Å². The average molecular weight is 246 g/mol. The molecule has 1 aromatic rings. The Morgan fingerprint density at radius 2 is 2.00 bits per heavy atom. The minimum atomic E-state index is -0.249. The molecule has 0 radical (unpaired) electrons. The Kier molecular flexibility index (Phi) is 3.86. The monoisotopic (exact) mass is 245 g/mol. The number of hydrogen-bond donors (Lipinski definition) is 0. The highest BCUT2D eigenvalue weighted by Gasteiger charge is 2.28. The van der Waals surface area contributed by atoms with E-state index in [-0.39, 0.29) is 5.41 Å². The van der Waals surface area contributed by atoms with E-state index in [0.717, 1.165) is 36.3 Å². The van der Waals surface area contributed by atoms with E-state index < -0.39 is 0 Å². The Morgan fingerprint density at radius 1 is 1.24 bits per heavy atom. The van der Waals surface area contributed by atoms with Crippen molar-refractivity contribution in [2.24, 2.45) is 5.41 Å². The minimum Gasteiger partial charge on any atom is -0.197 e. The summed E-state index contributed by atoms with van der Waals surface area (Å²) in [5.41, 5.74) is 0.818. The zero-order valence-electron chi connectivity index (χ0n) is 9.82. The van der Waals surface area contributed by atoms with Crippen molar-refractivity contribution < 1.29 is 0 Å². The van der Waals surface area contributed by atoms with Crippen LogP contribution in [0.2, 0.25) is 5.02 Å². The molecule has 88 valence electrons. The van der Waals surface area contributed by atoms with E-state index >= 15 is 0 Å². The van der Waals surface area contributed by atoms with Gasteiger partial charge in [0, 0.05) is 5.02 Å². The van der Waals surface area contributed by atoms with Crippen LogP contribution >= 0.6 is 11.6 Å². The predicted octanol–water partition coefficient (Wildman–Crippen LogP) is 4.83. The molecule has 0 aliphatic heterocycles. The molecule has 0 heterocycles. The first-order chi connectivity index (χ1) is 8.24. The molecule has 2 rings (SSSR count). The van der Waals surface area contributed by atoms with Crippen LogP contribution in [-0.2, 0) is 0 Å². The summed E-state index contributed by atoms with van der Waals surface area (Å²) < 4.78 is 0. The molecule has 0 amide bonds. The van der Waals surface area contributed by atoms with Gasteiger partial charge in [-0.15, -0.1) is 0 Å². The van der Waals surface area contributed by atoms with E-state index in [1.165, 1.54) is 6.42 Å². The average Bonchev–Trinajstić information content (AvgIpc) is 2.38. The Hall–Kier alpha value is -1.26. The summed E-state index contributed by atoms with van der Waals surface area (Å²) in [6.07, 6.45) is 9.65. The fourth-order valence-corrected chi connectivity index (χ4v) is 2.56. The third kappa shape index (κ3) is 3.11. The fourth-order valence-electron chi connectivity index (χ4n) is 2.36. The van der Waals surface area contributed by atoms with Gasteiger partial charge in [0.2, 0.25) is 0 Å². The smallest absolute Gasteiger partial charge is 0.0756 e. The van der Waals surface area contributed by atoms with Crippen LogP contribution in [0.25, 0.3) is 6.08 Å². The minimum absolute atomic E-state index is 0.249. The second-order valence-electron chi connectivity index (χ2n) is 4.72. The van der Waals surface area contributed by atoms with Crippen molar-refractivity contribution in [2.45, 2.75) is 32.1 Å². The van der Waals surface area contributed by atoms with Crippen LogP contribution in [0, 0.1) is 16.7 Å². The number of halogens is 1. The normalized spacial score (nSPS) is 19.1. The molecule has 0 N–H and O–H groups in total. The Morgan fingerprint density at radius 3 is 2.65 bits per heavy atom. The van der Waals surface area contributed by atoms with Crippen molar-refractivity contribution in [3.05, 3.63) is 40.9 Å². The molecule has 2 heteroatoms. The SMILES string of the molecule is N#CC1(C=Cc2cccc(Cl)c2)CCCCC1. The van der Waals surface area contributed by atoms with Gasteiger partial charge in [0.25, 0.3) is 0 Å². The number of nitriles is 1. The summed E-state index contributed by atoms with van der Waals surface area (Å²) in [6.45, 7) is 0. The van der Waals surface area contributed by atoms with Crippen LogP contribution < -0.4 is 0 Å². The van der Waals surface area contributed by atoms with Gasteiger partial charge in [0.05, 0.1) is 11.5 Å². The van der Waals surface area contributed by atoms with Crippen LogP contribution in [0.15, 0.2) is 30.3 Å². The highest BCUT2D eigenvalue weighted by Crippen LogP contribution is 2.37. The Labute approximate surface area is 108 Å². The molecule has 1 aliphatic carbocycles. The third-order valence-corrected chi connectivity index (χ3v) is 3.65. The van der Waals surface area contributed by atoms with Crippen molar-refractivity contribution in [1.29, 1.82) is 5.26 Å². The molecule has 0 bridgehead atoms. The van der Waals surface area contributed by atoms with E-state index in [0.29, 0.717) is 0 Å². The Bertz CT molecular complexity index is 450. The van der Waals surface area contributed by atoms with Crippen molar-refractivity contribution in [3.8, 4) is 6.07 Å². The lowest BCUT2D eigenvalue weighted by Gasteiger charge is -2.27. The molecular weight excluding hydrogens is 230 g/mol. The lowest BCUT2D eigenvalue weighted by Crippen LogP contribution is -2.18. The second-order valence-corrected chi connectivity index (χ2v) is 5.15. The topological polar surface area (TPSA) is 23.8 Å². The maximum atomic E-state index is 9.35. The van der Waals surface area contributed by atoms with Gasteiger partial charge in [-0.2, -0.15) is 5.26 Å². The first-order valence-electron chi connectivity index (χ1n) is 6.10. The van der Waals surface area contributed by atoms with E-state index in [1.54, 1.807) is 0 Å². The molecule has 0 aromatic heterocycles. The number of allylic oxidation sites excluding steroid dienone is 1. The van der Waals surface area contributed by atoms with Gasteiger partial charge in [-0.05, 0) is 30.5 Å². The van der Waals surface area contributed by atoms with Crippen LogP contribution in [0.4, 0.5) is 0 Å². The van der Waals surface area contributed by atoms with Gasteiger partial charge in [0.1, 0.15) is 0 Å². The van der Waals surface area contributed by atoms with Gasteiger partial charge in [-0.25, -0.2) is 0 Å². The maximum Gasteiger partial charge on any atom is 0.0756 e. The zero-order chi connectivity index (χ0) is 12.1. The maximum absolute atomic E-state index is 9.35. The number of rotatable bonds is 2. The standard InChI is InChI=1S/C15H16ClN/c16-14-6-4-5-13(11-14)7-10-15(12-17)8-2-1-3-9-15/h4-7,10-11H,1-3,8-9H2. The Balaban J connectivity index is 2.16. The third-order valence-electron chi connectivity index (χ3n) is 3.41. The molecule has 1 fully saturated rings. The van der Waals surface area contributed by atoms with E-state index in [1.807, 2.05) is 30.3 Å². The molecule has 0 spiro atoms. The van der Waals surface area contributed by atoms with Gasteiger partial charge >= 0.3 is 0 Å². The lowest BCUT2D eigenvalue weighted by molar-refractivity contribution is 0.337. The molecule has 0 atom stereocenters. The summed E-state index contributed by atoms with van der Waals surface area (Å²) in [4.78, 5) is 0. The summed E-state index contributed by atoms with van der Waals surface area (Å²) in [6, 6.07) is 10.2. The first-order valence-corrected chi connectivity index (χ1v) is 6.48. The lowest BCUT2D eigenvalue weighted by atomic mass is 9.75. The molecule has 17 heavy (non-hydrogen) atoms. The molecule has 1 saturated carbocycles. The van der Waals surface area contributed by atoms with Gasteiger partial charge in [-0.1, -0.05) is 55.1 Å². The molecule has 1 aromatic carbocycles. The number of benzene rings is 1. The highest BCUT2D eigenvalue weighted by molar-refractivity contribution is 6.30. The molecule has 0 saturated heterocycles. The number of nitrogens with zero attached hydrogens (tertiary/aromatic N) is 1. The summed E-state index contributed by atoms with van der Waals surface area (Å²) in [7, 11) is 0. The van der Waals surface area contributed by atoms with Crippen molar-refractivity contribution >= 4 is 17.7 Å². The molecular formula is C15H16ClN. The van der Waals surface area contributed by atoms with Crippen molar-refractivity contribution in [2.75, 3.05) is 0 Å². The van der Waals surface area contributed by atoms with Crippen molar-refractivity contribution in [3.63, 3.8) is 0 Å². The fraction of sp³-hybridized carbons (Fsp3) is 0.400. The van der Waals surface area contributed by atoms with Crippen LogP contribution in [0.5, 0.6) is 0 Å². The van der Waals surface area contributed by atoms with E-state index in [9.17, 15) is 5.26 Å². The second kappa shape index (κ2) is 5.38. The van der Waals surface area contributed by atoms with E-state index in [4.69, 9.17) is 11.6 Å². The van der Waals surface area contributed by atoms with E-state index in [2.05, 4.69) is 12.1 Å². The van der Waals surface area contributed by atoms with Gasteiger partial charge in [-0.3, -0.25) is 0 Å².